The minimum Gasteiger partial charge on any atom is -0.508 e. The number of phenols is 1. The first-order chi connectivity index (χ1) is 8.91. The zero-order valence-corrected chi connectivity index (χ0v) is 11.8. The second kappa shape index (κ2) is 5.21. The number of anilines is 1. The van der Waals surface area contributed by atoms with E-state index in [1.807, 2.05) is 20.8 Å². The van der Waals surface area contributed by atoms with Gasteiger partial charge in [-0.1, -0.05) is 13.0 Å². The number of nitrogens with one attached hydrogen (secondary N) is 1. The van der Waals surface area contributed by atoms with Crippen molar-refractivity contribution in [1.82, 2.24) is 0 Å². The number of phenolic OH excluding ortho intramolecular Hbond substituents is 1. The van der Waals surface area contributed by atoms with E-state index >= 15 is 0 Å². The number of amides is 1. The molecule has 2 N–H and O–H groups in total. The molecule has 1 fully saturated rings. The molecular formula is C15H21NO3. The molecule has 19 heavy (non-hydrogen) atoms. The molecule has 4 unspecified atom stereocenters. The van der Waals surface area contributed by atoms with Crippen molar-refractivity contribution in [2.45, 2.75) is 39.9 Å². The van der Waals surface area contributed by atoms with Crippen molar-refractivity contribution in [3.05, 3.63) is 23.8 Å². The molecule has 0 aromatic heterocycles. The summed E-state index contributed by atoms with van der Waals surface area (Å²) in [6.45, 7) is 7.74. The Bertz CT molecular complexity index is 486. The van der Waals surface area contributed by atoms with Crippen LogP contribution in [-0.4, -0.2) is 23.2 Å². The Kier molecular flexibility index (Phi) is 3.80. The predicted molar refractivity (Wildman–Crippen MR) is 74.1 cm³/mol. The highest BCUT2D eigenvalue weighted by molar-refractivity contribution is 5.94. The normalized spacial score (nSPS) is 30.3. The standard InChI is InChI=1S/C15H21NO3/c1-8-10(3)19-11(4)14(8)15(18)16-12-6-5-7-13(17)9(12)2/h5-8,10-11,14,17H,1-4H3,(H,16,18). The first kappa shape index (κ1) is 13.9. The van der Waals surface area contributed by atoms with Crippen LogP contribution in [0.5, 0.6) is 5.75 Å². The summed E-state index contributed by atoms with van der Waals surface area (Å²) in [5.74, 6) is 0.178. The lowest BCUT2D eigenvalue weighted by molar-refractivity contribution is -0.121. The summed E-state index contributed by atoms with van der Waals surface area (Å²) in [7, 11) is 0. The Labute approximate surface area is 113 Å². The molecule has 4 heteroatoms. The van der Waals surface area contributed by atoms with Gasteiger partial charge >= 0.3 is 0 Å². The Balaban J connectivity index is 2.15. The molecule has 1 aliphatic heterocycles. The summed E-state index contributed by atoms with van der Waals surface area (Å²) in [6.07, 6.45) is 0.0126. The van der Waals surface area contributed by atoms with Crippen LogP contribution in [0.1, 0.15) is 26.3 Å². The van der Waals surface area contributed by atoms with E-state index in [4.69, 9.17) is 4.74 Å². The zero-order valence-electron chi connectivity index (χ0n) is 11.8. The summed E-state index contributed by atoms with van der Waals surface area (Å²) in [4.78, 5) is 12.4. The van der Waals surface area contributed by atoms with Gasteiger partial charge in [-0.05, 0) is 38.8 Å². The second-order valence-corrected chi connectivity index (χ2v) is 5.37. The molecule has 1 aromatic rings. The molecule has 2 rings (SSSR count). The Morgan fingerprint density at radius 2 is 1.95 bits per heavy atom. The monoisotopic (exact) mass is 263 g/mol. The van der Waals surface area contributed by atoms with Crippen LogP contribution < -0.4 is 5.32 Å². The number of aromatic hydroxyl groups is 1. The second-order valence-electron chi connectivity index (χ2n) is 5.37. The van der Waals surface area contributed by atoms with Crippen LogP contribution in [0.3, 0.4) is 0 Å². The third-order valence-electron chi connectivity index (χ3n) is 4.11. The zero-order chi connectivity index (χ0) is 14.2. The van der Waals surface area contributed by atoms with E-state index in [0.29, 0.717) is 11.3 Å². The number of rotatable bonds is 2. The van der Waals surface area contributed by atoms with Crippen LogP contribution >= 0.6 is 0 Å². The van der Waals surface area contributed by atoms with Gasteiger partial charge in [0, 0.05) is 11.3 Å². The average Bonchev–Trinajstić information content (AvgIpc) is 2.59. The highest BCUT2D eigenvalue weighted by Gasteiger charge is 2.41. The van der Waals surface area contributed by atoms with Crippen LogP contribution in [0.15, 0.2) is 18.2 Å². The number of carbonyl (C=O) groups excluding carboxylic acids is 1. The van der Waals surface area contributed by atoms with Crippen molar-refractivity contribution >= 4 is 11.6 Å². The lowest BCUT2D eigenvalue weighted by Crippen LogP contribution is -2.32. The number of ether oxygens (including phenoxy) is 1. The molecule has 1 aromatic carbocycles. The van der Waals surface area contributed by atoms with E-state index in [1.165, 1.54) is 0 Å². The van der Waals surface area contributed by atoms with E-state index in [2.05, 4.69) is 5.32 Å². The maximum Gasteiger partial charge on any atom is 0.230 e. The molecule has 104 valence electrons. The van der Waals surface area contributed by atoms with E-state index in [0.717, 1.165) is 0 Å². The van der Waals surface area contributed by atoms with Gasteiger partial charge in [0.25, 0.3) is 0 Å². The highest BCUT2D eigenvalue weighted by Crippen LogP contribution is 2.33. The largest absolute Gasteiger partial charge is 0.508 e. The molecule has 0 bridgehead atoms. The van der Waals surface area contributed by atoms with E-state index in [1.54, 1.807) is 25.1 Å². The molecule has 1 amide bonds. The average molecular weight is 263 g/mol. The lowest BCUT2D eigenvalue weighted by Gasteiger charge is -2.19. The van der Waals surface area contributed by atoms with Gasteiger partial charge in [-0.15, -0.1) is 0 Å². The van der Waals surface area contributed by atoms with Gasteiger partial charge in [-0.25, -0.2) is 0 Å². The van der Waals surface area contributed by atoms with Gasteiger partial charge < -0.3 is 15.2 Å². The minimum atomic E-state index is -0.156. The van der Waals surface area contributed by atoms with E-state index in [-0.39, 0.29) is 35.7 Å². The van der Waals surface area contributed by atoms with Crippen molar-refractivity contribution < 1.29 is 14.6 Å². The van der Waals surface area contributed by atoms with Crippen molar-refractivity contribution in [1.29, 1.82) is 0 Å². The molecule has 0 aliphatic carbocycles. The lowest BCUT2D eigenvalue weighted by atomic mass is 9.88. The summed E-state index contributed by atoms with van der Waals surface area (Å²) in [5, 5.41) is 12.5. The van der Waals surface area contributed by atoms with Crippen molar-refractivity contribution in [2.24, 2.45) is 11.8 Å². The van der Waals surface area contributed by atoms with Gasteiger partial charge in [0.15, 0.2) is 0 Å². The molecule has 0 saturated carbocycles. The van der Waals surface area contributed by atoms with Gasteiger partial charge in [0.2, 0.25) is 5.91 Å². The smallest absolute Gasteiger partial charge is 0.230 e. The number of hydrogen-bond donors (Lipinski definition) is 2. The fourth-order valence-electron chi connectivity index (χ4n) is 2.69. The predicted octanol–water partition coefficient (Wildman–Crippen LogP) is 2.70. The van der Waals surface area contributed by atoms with Gasteiger partial charge in [-0.2, -0.15) is 0 Å². The highest BCUT2D eigenvalue weighted by atomic mass is 16.5. The SMILES string of the molecule is Cc1c(O)cccc1NC(=O)C1C(C)OC(C)C1C. The summed E-state index contributed by atoms with van der Waals surface area (Å²) >= 11 is 0. The first-order valence-corrected chi connectivity index (χ1v) is 6.66. The van der Waals surface area contributed by atoms with Crippen molar-refractivity contribution in [3.8, 4) is 5.75 Å². The van der Waals surface area contributed by atoms with Crippen LogP contribution in [0.2, 0.25) is 0 Å². The quantitative estimate of drug-likeness (QED) is 0.862. The maximum atomic E-state index is 12.4. The molecule has 4 atom stereocenters. The molecule has 0 spiro atoms. The maximum absolute atomic E-state index is 12.4. The number of hydrogen-bond acceptors (Lipinski definition) is 3. The summed E-state index contributed by atoms with van der Waals surface area (Å²) in [5.41, 5.74) is 1.34. The van der Waals surface area contributed by atoms with Gasteiger partial charge in [0.05, 0.1) is 18.1 Å². The summed E-state index contributed by atoms with van der Waals surface area (Å²) < 4.78 is 5.69. The number of carbonyl (C=O) groups is 1. The van der Waals surface area contributed by atoms with Crippen LogP contribution in [0.4, 0.5) is 5.69 Å². The van der Waals surface area contributed by atoms with Gasteiger partial charge in [0.1, 0.15) is 5.75 Å². The summed E-state index contributed by atoms with van der Waals surface area (Å²) in [6, 6.07) is 5.12. The van der Waals surface area contributed by atoms with E-state index in [9.17, 15) is 9.90 Å². The minimum absolute atomic E-state index is 0.0435. The van der Waals surface area contributed by atoms with Crippen LogP contribution in [0.25, 0.3) is 0 Å². The third kappa shape index (κ3) is 2.59. The number of benzene rings is 1. The molecule has 0 radical (unpaired) electrons. The van der Waals surface area contributed by atoms with Crippen molar-refractivity contribution in [2.75, 3.05) is 5.32 Å². The van der Waals surface area contributed by atoms with E-state index < -0.39 is 0 Å². The Morgan fingerprint density at radius 1 is 1.26 bits per heavy atom. The molecule has 1 saturated heterocycles. The van der Waals surface area contributed by atoms with Crippen molar-refractivity contribution in [3.63, 3.8) is 0 Å². The molecule has 1 aliphatic rings. The molecule has 1 heterocycles. The third-order valence-corrected chi connectivity index (χ3v) is 4.11. The fourth-order valence-corrected chi connectivity index (χ4v) is 2.69. The Morgan fingerprint density at radius 3 is 2.53 bits per heavy atom. The molecular weight excluding hydrogens is 242 g/mol. The van der Waals surface area contributed by atoms with Crippen LogP contribution in [0, 0.1) is 18.8 Å². The molecule has 4 nitrogen and oxygen atoms in total. The topological polar surface area (TPSA) is 58.6 Å². The fraction of sp³-hybridized carbons (Fsp3) is 0.533. The first-order valence-electron chi connectivity index (χ1n) is 6.66. The van der Waals surface area contributed by atoms with Crippen LogP contribution in [-0.2, 0) is 9.53 Å². The van der Waals surface area contributed by atoms with Gasteiger partial charge in [-0.3, -0.25) is 4.79 Å². The Hall–Kier alpha value is -1.55.